The Bertz CT molecular complexity index is 188. The van der Waals surface area contributed by atoms with Crippen LogP contribution in [0.5, 0.6) is 0 Å². The average molecular weight is 157 g/mol. The van der Waals surface area contributed by atoms with Crippen molar-refractivity contribution in [1.29, 1.82) is 0 Å². The van der Waals surface area contributed by atoms with Crippen molar-refractivity contribution < 1.29 is 14.6 Å². The molecule has 1 spiro atoms. The van der Waals surface area contributed by atoms with Gasteiger partial charge in [-0.3, -0.25) is 4.79 Å². The third kappa shape index (κ3) is 1.02. The average Bonchev–Trinajstić information content (AvgIpc) is 2.28. The van der Waals surface area contributed by atoms with Crippen LogP contribution in [0, 0.1) is 0 Å². The van der Waals surface area contributed by atoms with Gasteiger partial charge in [-0.2, -0.15) is 0 Å². The molecule has 2 fully saturated rings. The molecular formula is C7H11NO3. The number of hydrogen-bond donors (Lipinski definition) is 2. The third-order valence-electron chi connectivity index (χ3n) is 2.51. The van der Waals surface area contributed by atoms with E-state index in [9.17, 15) is 4.79 Å². The first-order chi connectivity index (χ1) is 5.22. The van der Waals surface area contributed by atoms with Crippen LogP contribution in [-0.4, -0.2) is 35.9 Å². The minimum Gasteiger partial charge on any atom is -0.480 e. The Hall–Kier alpha value is -0.610. The molecule has 0 amide bonds. The number of carboxylic acid groups (broad SMARTS) is 1. The number of carbonyl (C=O) groups is 1. The molecule has 2 rings (SSSR count). The smallest absolute Gasteiger partial charge is 0.320 e. The van der Waals surface area contributed by atoms with Gasteiger partial charge in [0.25, 0.3) is 0 Å². The quantitative estimate of drug-likeness (QED) is 0.543. The van der Waals surface area contributed by atoms with Gasteiger partial charge in [-0.15, -0.1) is 0 Å². The zero-order valence-corrected chi connectivity index (χ0v) is 6.17. The molecule has 0 radical (unpaired) electrons. The van der Waals surface area contributed by atoms with Gasteiger partial charge in [0, 0.05) is 19.4 Å². The van der Waals surface area contributed by atoms with Crippen LogP contribution < -0.4 is 5.32 Å². The molecule has 0 aromatic carbocycles. The topological polar surface area (TPSA) is 58.6 Å². The maximum atomic E-state index is 10.5. The van der Waals surface area contributed by atoms with Gasteiger partial charge in [0.1, 0.15) is 6.04 Å². The number of rotatable bonds is 1. The second-order valence-electron chi connectivity index (χ2n) is 3.26. The standard InChI is InChI=1S/C7H11NO3/c9-6(10)5-3-7(4-8-5)1-2-11-7/h5,8H,1-4H2,(H,9,10). The summed E-state index contributed by atoms with van der Waals surface area (Å²) in [4.78, 5) is 10.5. The summed E-state index contributed by atoms with van der Waals surface area (Å²) < 4.78 is 5.33. The molecule has 2 unspecified atom stereocenters. The van der Waals surface area contributed by atoms with Gasteiger partial charge in [0.2, 0.25) is 0 Å². The minimum absolute atomic E-state index is 0.122. The van der Waals surface area contributed by atoms with Crippen molar-refractivity contribution >= 4 is 5.97 Å². The summed E-state index contributed by atoms with van der Waals surface area (Å²) in [5, 5.41) is 11.6. The number of ether oxygens (including phenoxy) is 1. The monoisotopic (exact) mass is 157 g/mol. The van der Waals surface area contributed by atoms with Gasteiger partial charge >= 0.3 is 5.97 Å². The first kappa shape index (κ1) is 7.06. The normalized spacial score (nSPS) is 42.4. The van der Waals surface area contributed by atoms with Gasteiger partial charge < -0.3 is 15.2 Å². The van der Waals surface area contributed by atoms with Crippen molar-refractivity contribution in [2.45, 2.75) is 24.5 Å². The molecule has 4 nitrogen and oxygen atoms in total. The maximum absolute atomic E-state index is 10.5. The van der Waals surface area contributed by atoms with E-state index in [1.165, 1.54) is 0 Å². The Kier molecular flexibility index (Phi) is 1.40. The summed E-state index contributed by atoms with van der Waals surface area (Å²) in [5.41, 5.74) is -0.122. The highest BCUT2D eigenvalue weighted by Crippen LogP contribution is 2.34. The van der Waals surface area contributed by atoms with E-state index in [2.05, 4.69) is 5.32 Å². The molecule has 2 heterocycles. The highest BCUT2D eigenvalue weighted by atomic mass is 16.5. The number of hydrogen-bond acceptors (Lipinski definition) is 3. The summed E-state index contributed by atoms with van der Waals surface area (Å²) in [7, 11) is 0. The molecule has 2 saturated heterocycles. The Morgan fingerprint density at radius 3 is 2.73 bits per heavy atom. The fourth-order valence-electron chi connectivity index (χ4n) is 1.69. The largest absolute Gasteiger partial charge is 0.480 e. The van der Waals surface area contributed by atoms with Crippen molar-refractivity contribution in [3.05, 3.63) is 0 Å². The Morgan fingerprint density at radius 2 is 2.45 bits per heavy atom. The van der Waals surface area contributed by atoms with E-state index >= 15 is 0 Å². The van der Waals surface area contributed by atoms with Crippen molar-refractivity contribution in [3.8, 4) is 0 Å². The molecule has 0 aromatic rings. The lowest BCUT2D eigenvalue weighted by atomic mass is 9.92. The van der Waals surface area contributed by atoms with Crippen LogP contribution in [0.25, 0.3) is 0 Å². The number of carboxylic acids is 1. The lowest BCUT2D eigenvalue weighted by Crippen LogP contribution is -2.45. The molecule has 2 atom stereocenters. The van der Waals surface area contributed by atoms with E-state index in [-0.39, 0.29) is 5.60 Å². The van der Waals surface area contributed by atoms with Gasteiger partial charge in [-0.05, 0) is 0 Å². The number of nitrogens with one attached hydrogen (secondary N) is 1. The molecule has 2 aliphatic rings. The molecule has 0 aliphatic carbocycles. The van der Waals surface area contributed by atoms with Crippen molar-refractivity contribution in [1.82, 2.24) is 5.32 Å². The predicted octanol–water partition coefficient (Wildman–Crippen LogP) is -0.408. The van der Waals surface area contributed by atoms with E-state index in [1.807, 2.05) is 0 Å². The maximum Gasteiger partial charge on any atom is 0.320 e. The summed E-state index contributed by atoms with van der Waals surface area (Å²) in [6, 6.07) is -0.393. The van der Waals surface area contributed by atoms with Crippen molar-refractivity contribution in [2.75, 3.05) is 13.2 Å². The van der Waals surface area contributed by atoms with Crippen LogP contribution in [0.15, 0.2) is 0 Å². The molecule has 11 heavy (non-hydrogen) atoms. The minimum atomic E-state index is -0.766. The van der Waals surface area contributed by atoms with Crippen molar-refractivity contribution in [2.24, 2.45) is 0 Å². The van der Waals surface area contributed by atoms with Gasteiger partial charge in [0.15, 0.2) is 0 Å². The van der Waals surface area contributed by atoms with Gasteiger partial charge in [-0.25, -0.2) is 0 Å². The molecular weight excluding hydrogens is 146 g/mol. The Morgan fingerprint density at radius 1 is 1.73 bits per heavy atom. The summed E-state index contributed by atoms with van der Waals surface area (Å²) in [5.74, 6) is -0.766. The van der Waals surface area contributed by atoms with Crippen LogP contribution in [0.4, 0.5) is 0 Å². The first-order valence-corrected chi connectivity index (χ1v) is 3.82. The van der Waals surface area contributed by atoms with E-state index in [1.54, 1.807) is 0 Å². The SMILES string of the molecule is O=C(O)C1CC2(CCO2)CN1. The highest BCUT2D eigenvalue weighted by Gasteiger charge is 2.47. The Balaban J connectivity index is 1.98. The van der Waals surface area contributed by atoms with Gasteiger partial charge in [-0.1, -0.05) is 0 Å². The molecule has 0 aromatic heterocycles. The first-order valence-electron chi connectivity index (χ1n) is 3.82. The fourth-order valence-corrected chi connectivity index (χ4v) is 1.69. The molecule has 62 valence electrons. The van der Waals surface area contributed by atoms with Crippen LogP contribution in [0.1, 0.15) is 12.8 Å². The van der Waals surface area contributed by atoms with Crippen molar-refractivity contribution in [3.63, 3.8) is 0 Å². The molecule has 2 N–H and O–H groups in total. The van der Waals surface area contributed by atoms with Gasteiger partial charge in [0.05, 0.1) is 12.2 Å². The second-order valence-corrected chi connectivity index (χ2v) is 3.26. The molecule has 2 aliphatic heterocycles. The van der Waals surface area contributed by atoms with E-state index < -0.39 is 12.0 Å². The van der Waals surface area contributed by atoms with Crippen LogP contribution in [0.3, 0.4) is 0 Å². The van der Waals surface area contributed by atoms with E-state index in [0.29, 0.717) is 13.0 Å². The van der Waals surface area contributed by atoms with Crippen LogP contribution >= 0.6 is 0 Å². The van der Waals surface area contributed by atoms with E-state index in [0.717, 1.165) is 13.0 Å². The summed E-state index contributed by atoms with van der Waals surface area (Å²) in [6.07, 6.45) is 1.63. The Labute approximate surface area is 64.5 Å². The zero-order chi connectivity index (χ0) is 7.90. The molecule has 0 bridgehead atoms. The third-order valence-corrected chi connectivity index (χ3v) is 2.51. The zero-order valence-electron chi connectivity index (χ0n) is 6.17. The number of aliphatic carboxylic acids is 1. The predicted molar refractivity (Wildman–Crippen MR) is 37.3 cm³/mol. The highest BCUT2D eigenvalue weighted by molar-refractivity contribution is 5.74. The second kappa shape index (κ2) is 2.19. The lowest BCUT2D eigenvalue weighted by Gasteiger charge is -2.37. The summed E-state index contributed by atoms with van der Waals surface area (Å²) in [6.45, 7) is 1.48. The van der Waals surface area contributed by atoms with E-state index in [4.69, 9.17) is 9.84 Å². The molecule has 4 heteroatoms. The lowest BCUT2D eigenvalue weighted by molar-refractivity contribution is -0.145. The summed E-state index contributed by atoms with van der Waals surface area (Å²) >= 11 is 0. The van der Waals surface area contributed by atoms with Crippen LogP contribution in [-0.2, 0) is 9.53 Å². The van der Waals surface area contributed by atoms with Crippen LogP contribution in [0.2, 0.25) is 0 Å². The molecule has 0 saturated carbocycles. The fraction of sp³-hybridized carbons (Fsp3) is 0.857.